The van der Waals surface area contributed by atoms with Crippen molar-refractivity contribution in [1.29, 1.82) is 0 Å². The van der Waals surface area contributed by atoms with E-state index in [-0.39, 0.29) is 22.1 Å². The lowest BCUT2D eigenvalue weighted by Gasteiger charge is -2.29. The molecule has 98 valence electrons. The van der Waals surface area contributed by atoms with E-state index in [2.05, 4.69) is 15.9 Å². The van der Waals surface area contributed by atoms with Crippen LogP contribution in [0.4, 0.5) is 8.78 Å². The highest BCUT2D eigenvalue weighted by Crippen LogP contribution is 2.60. The smallest absolute Gasteiger partial charge is 0.143 e. The van der Waals surface area contributed by atoms with Crippen LogP contribution in [0.15, 0.2) is 16.6 Å². The first-order chi connectivity index (χ1) is 8.54. The lowest BCUT2D eigenvalue weighted by molar-refractivity contribution is 0.115. The molecule has 0 radical (unpaired) electrons. The number of halogens is 3. The molecule has 1 N–H and O–H groups in total. The molecule has 0 amide bonds. The Morgan fingerprint density at radius 1 is 1.28 bits per heavy atom. The Bertz CT molecular complexity index is 479. The van der Waals surface area contributed by atoms with E-state index >= 15 is 0 Å². The first kappa shape index (κ1) is 12.5. The molecule has 0 spiro atoms. The number of benzene rings is 1. The van der Waals surface area contributed by atoms with Gasteiger partial charge < -0.3 is 5.11 Å². The van der Waals surface area contributed by atoms with Gasteiger partial charge in [-0.25, -0.2) is 8.78 Å². The molecule has 0 aliphatic heterocycles. The highest BCUT2D eigenvalue weighted by molar-refractivity contribution is 9.10. The topological polar surface area (TPSA) is 20.2 Å². The molecule has 0 saturated heterocycles. The molecule has 0 bridgehead atoms. The van der Waals surface area contributed by atoms with Gasteiger partial charge in [-0.2, -0.15) is 0 Å². The third-order valence-electron chi connectivity index (χ3n) is 4.49. The molecule has 2 aliphatic carbocycles. The van der Waals surface area contributed by atoms with Crippen LogP contribution in [0, 0.1) is 28.9 Å². The molecule has 2 unspecified atom stereocenters. The minimum absolute atomic E-state index is 0.0192. The summed E-state index contributed by atoms with van der Waals surface area (Å²) in [4.78, 5) is 0. The Labute approximate surface area is 113 Å². The highest BCUT2D eigenvalue weighted by atomic mass is 79.9. The Balaban J connectivity index is 1.89. The van der Waals surface area contributed by atoms with Crippen LogP contribution in [0.5, 0.6) is 0 Å². The van der Waals surface area contributed by atoms with Gasteiger partial charge in [-0.05, 0) is 71.0 Å². The summed E-state index contributed by atoms with van der Waals surface area (Å²) in [5.74, 6) is 0.318. The zero-order valence-electron chi connectivity index (χ0n) is 9.93. The average molecular weight is 317 g/mol. The second kappa shape index (κ2) is 4.27. The Kier molecular flexibility index (Phi) is 2.98. The molecule has 1 aromatic carbocycles. The van der Waals surface area contributed by atoms with Gasteiger partial charge in [0, 0.05) is 12.2 Å². The first-order valence-electron chi connectivity index (χ1n) is 6.28. The standard InChI is InChI=1S/C14H15BrF2O/c15-11-1-2-12(16)10(13(11)17)6-14(7-18)4-8-3-9(8)5-14/h1-2,8-9,18H,3-7H2. The second-order valence-electron chi connectivity index (χ2n) is 5.82. The molecule has 3 rings (SSSR count). The molecule has 1 nitrogen and oxygen atoms in total. The molecule has 2 fully saturated rings. The molecule has 2 saturated carbocycles. The highest BCUT2D eigenvalue weighted by Gasteiger charge is 2.53. The van der Waals surface area contributed by atoms with Crippen molar-refractivity contribution in [3.05, 3.63) is 33.8 Å². The molecular weight excluding hydrogens is 302 g/mol. The Hall–Kier alpha value is -0.480. The van der Waals surface area contributed by atoms with Crippen molar-refractivity contribution in [2.24, 2.45) is 17.3 Å². The molecule has 0 heterocycles. The lowest BCUT2D eigenvalue weighted by atomic mass is 9.78. The van der Waals surface area contributed by atoms with Crippen molar-refractivity contribution < 1.29 is 13.9 Å². The van der Waals surface area contributed by atoms with Crippen LogP contribution < -0.4 is 0 Å². The van der Waals surface area contributed by atoms with Gasteiger partial charge in [-0.3, -0.25) is 0 Å². The van der Waals surface area contributed by atoms with Crippen LogP contribution in [-0.4, -0.2) is 11.7 Å². The number of aliphatic hydroxyl groups excluding tert-OH is 1. The van der Waals surface area contributed by atoms with Crippen LogP contribution in [0.2, 0.25) is 0 Å². The van der Waals surface area contributed by atoms with Gasteiger partial charge in [-0.1, -0.05) is 0 Å². The molecular formula is C14H15BrF2O. The van der Waals surface area contributed by atoms with E-state index in [0.717, 1.165) is 12.8 Å². The third kappa shape index (κ3) is 1.99. The number of hydrogen-bond donors (Lipinski definition) is 1. The monoisotopic (exact) mass is 316 g/mol. The SMILES string of the molecule is OCC1(Cc2c(F)ccc(Br)c2F)CC2CC2C1. The van der Waals surface area contributed by atoms with E-state index in [0.29, 0.717) is 18.3 Å². The molecule has 4 heteroatoms. The summed E-state index contributed by atoms with van der Waals surface area (Å²) < 4.78 is 28.0. The van der Waals surface area contributed by atoms with Gasteiger partial charge in [0.1, 0.15) is 11.6 Å². The van der Waals surface area contributed by atoms with E-state index in [1.54, 1.807) is 0 Å². The van der Waals surface area contributed by atoms with Crippen molar-refractivity contribution in [3.63, 3.8) is 0 Å². The maximum Gasteiger partial charge on any atom is 0.143 e. The van der Waals surface area contributed by atoms with Crippen LogP contribution in [0.3, 0.4) is 0 Å². The fourth-order valence-corrected chi connectivity index (χ4v) is 3.81. The van der Waals surface area contributed by atoms with E-state index in [1.165, 1.54) is 18.6 Å². The second-order valence-corrected chi connectivity index (χ2v) is 6.68. The predicted molar refractivity (Wildman–Crippen MR) is 68.1 cm³/mol. The molecule has 0 aromatic heterocycles. The largest absolute Gasteiger partial charge is 0.396 e. The summed E-state index contributed by atoms with van der Waals surface area (Å²) in [7, 11) is 0. The lowest BCUT2D eigenvalue weighted by Crippen LogP contribution is -2.27. The first-order valence-corrected chi connectivity index (χ1v) is 7.07. The minimum atomic E-state index is -0.525. The third-order valence-corrected chi connectivity index (χ3v) is 5.10. The minimum Gasteiger partial charge on any atom is -0.396 e. The van der Waals surface area contributed by atoms with Gasteiger partial charge >= 0.3 is 0 Å². The van der Waals surface area contributed by atoms with Crippen LogP contribution in [-0.2, 0) is 6.42 Å². The van der Waals surface area contributed by atoms with E-state index in [1.807, 2.05) is 0 Å². The van der Waals surface area contributed by atoms with E-state index < -0.39 is 11.6 Å². The summed E-state index contributed by atoms with van der Waals surface area (Å²) in [5, 5.41) is 9.61. The summed E-state index contributed by atoms with van der Waals surface area (Å²) in [6.07, 6.45) is 3.33. The molecule has 1 aromatic rings. The van der Waals surface area contributed by atoms with Crippen LogP contribution in [0.25, 0.3) is 0 Å². The van der Waals surface area contributed by atoms with Gasteiger partial charge in [-0.15, -0.1) is 0 Å². The number of rotatable bonds is 3. The maximum absolute atomic E-state index is 14.0. The quantitative estimate of drug-likeness (QED) is 0.843. The fraction of sp³-hybridized carbons (Fsp3) is 0.571. The zero-order chi connectivity index (χ0) is 12.9. The van der Waals surface area contributed by atoms with Crippen molar-refractivity contribution in [2.45, 2.75) is 25.7 Å². The van der Waals surface area contributed by atoms with Crippen LogP contribution in [0.1, 0.15) is 24.8 Å². The maximum atomic E-state index is 14.0. The van der Waals surface area contributed by atoms with Crippen molar-refractivity contribution in [2.75, 3.05) is 6.61 Å². The molecule has 2 atom stereocenters. The van der Waals surface area contributed by atoms with Gasteiger partial charge in [0.2, 0.25) is 0 Å². The zero-order valence-corrected chi connectivity index (χ0v) is 11.5. The summed E-state index contributed by atoms with van der Waals surface area (Å²) in [5.41, 5.74) is -0.199. The number of aliphatic hydroxyl groups is 1. The van der Waals surface area contributed by atoms with E-state index in [4.69, 9.17) is 0 Å². The Morgan fingerprint density at radius 3 is 2.56 bits per heavy atom. The van der Waals surface area contributed by atoms with Gasteiger partial charge in [0.05, 0.1) is 4.47 Å². The summed E-state index contributed by atoms with van der Waals surface area (Å²) in [6, 6.07) is 2.66. The summed E-state index contributed by atoms with van der Waals surface area (Å²) in [6.45, 7) is 0.0192. The Morgan fingerprint density at radius 2 is 1.94 bits per heavy atom. The van der Waals surface area contributed by atoms with E-state index in [9.17, 15) is 13.9 Å². The average Bonchev–Trinajstić information content (AvgIpc) is 2.98. The summed E-state index contributed by atoms with van der Waals surface area (Å²) >= 11 is 3.09. The fourth-order valence-electron chi connectivity index (χ4n) is 3.44. The van der Waals surface area contributed by atoms with Crippen molar-refractivity contribution >= 4 is 15.9 Å². The predicted octanol–water partition coefficient (Wildman–Crippen LogP) is 3.68. The molecule has 2 aliphatic rings. The molecule has 18 heavy (non-hydrogen) atoms. The van der Waals surface area contributed by atoms with Gasteiger partial charge in [0.25, 0.3) is 0 Å². The van der Waals surface area contributed by atoms with Crippen molar-refractivity contribution in [1.82, 2.24) is 0 Å². The number of hydrogen-bond acceptors (Lipinski definition) is 1. The van der Waals surface area contributed by atoms with Crippen molar-refractivity contribution in [3.8, 4) is 0 Å². The number of fused-ring (bicyclic) bond motifs is 1. The van der Waals surface area contributed by atoms with Crippen LogP contribution >= 0.6 is 15.9 Å². The van der Waals surface area contributed by atoms with Gasteiger partial charge in [0.15, 0.2) is 0 Å². The normalized spacial score (nSPS) is 33.6.